The number of benzene rings is 3. The van der Waals surface area contributed by atoms with Crippen LogP contribution in [-0.2, 0) is 17.1 Å². The van der Waals surface area contributed by atoms with Gasteiger partial charge in [0.05, 0.1) is 11.1 Å². The van der Waals surface area contributed by atoms with Crippen molar-refractivity contribution in [2.75, 3.05) is 5.32 Å². The third-order valence-electron chi connectivity index (χ3n) is 5.45. The average molecular weight is 512 g/mol. The normalized spacial score (nSPS) is 12.1. The van der Waals surface area contributed by atoms with Crippen molar-refractivity contribution in [3.05, 3.63) is 126 Å². The monoisotopic (exact) mass is 512 g/mol. The second-order valence-electron chi connectivity index (χ2n) is 7.99. The minimum atomic E-state index is -4.64. The average Bonchev–Trinajstić information content (AvgIpc) is 2.86. The van der Waals surface area contributed by atoms with Gasteiger partial charge >= 0.3 is 12.4 Å². The third kappa shape index (κ3) is 6.24. The Morgan fingerprint density at radius 2 is 1.38 bits per heavy atom. The molecule has 1 amide bonds. The third-order valence-corrected chi connectivity index (χ3v) is 5.45. The van der Waals surface area contributed by atoms with E-state index in [0.717, 1.165) is 41.1 Å². The second-order valence-corrected chi connectivity index (χ2v) is 7.99. The van der Waals surface area contributed by atoms with Crippen LogP contribution in [0.2, 0.25) is 0 Å². The van der Waals surface area contributed by atoms with Gasteiger partial charge in [-0.15, -0.1) is 0 Å². The number of aromatic nitrogens is 1. The molecule has 0 spiro atoms. The van der Waals surface area contributed by atoms with E-state index < -0.39 is 29.4 Å². The van der Waals surface area contributed by atoms with Crippen LogP contribution in [0.15, 0.2) is 103 Å². The number of allylic oxidation sites excluding steroid dienone is 2. The van der Waals surface area contributed by atoms with Gasteiger partial charge < -0.3 is 5.32 Å². The molecule has 4 aromatic rings. The SMILES string of the molecule is O=C(C=CC=C(c1cccc(C(F)(F)F)c1)c1cccc(C(F)(F)F)c1)Nc1cccc2cnccc12. The molecule has 0 radical (unpaired) electrons. The summed E-state index contributed by atoms with van der Waals surface area (Å²) in [6.45, 7) is 0. The molecule has 0 atom stereocenters. The van der Waals surface area contributed by atoms with Gasteiger partial charge in [-0.1, -0.05) is 48.6 Å². The van der Waals surface area contributed by atoms with E-state index in [9.17, 15) is 31.1 Å². The summed E-state index contributed by atoms with van der Waals surface area (Å²) in [5.41, 5.74) is -1.21. The number of alkyl halides is 6. The molecule has 4 rings (SSSR count). The number of nitrogens with zero attached hydrogens (tertiary/aromatic N) is 1. The number of rotatable bonds is 5. The van der Waals surface area contributed by atoms with Crippen LogP contribution in [0.4, 0.5) is 32.0 Å². The second kappa shape index (κ2) is 10.3. The summed E-state index contributed by atoms with van der Waals surface area (Å²) in [4.78, 5) is 16.6. The van der Waals surface area contributed by atoms with Gasteiger partial charge in [0.1, 0.15) is 0 Å². The van der Waals surface area contributed by atoms with E-state index in [1.807, 2.05) is 6.07 Å². The predicted octanol–water partition coefficient (Wildman–Crippen LogP) is 7.90. The number of fused-ring (bicyclic) bond motifs is 1. The van der Waals surface area contributed by atoms with E-state index in [4.69, 9.17) is 0 Å². The van der Waals surface area contributed by atoms with Crippen molar-refractivity contribution in [1.82, 2.24) is 4.98 Å². The lowest BCUT2D eigenvalue weighted by molar-refractivity contribution is -0.138. The number of carbonyl (C=O) groups excluding carboxylic acids is 1. The fraction of sp³-hybridized carbons (Fsp3) is 0.0714. The number of hydrogen-bond donors (Lipinski definition) is 1. The van der Waals surface area contributed by atoms with E-state index in [0.29, 0.717) is 5.69 Å². The van der Waals surface area contributed by atoms with E-state index in [1.165, 1.54) is 36.4 Å². The molecule has 0 aliphatic heterocycles. The topological polar surface area (TPSA) is 42.0 Å². The molecule has 0 saturated carbocycles. The Bertz CT molecular complexity index is 1440. The Morgan fingerprint density at radius 3 is 1.97 bits per heavy atom. The van der Waals surface area contributed by atoms with E-state index in [1.54, 1.807) is 30.6 Å². The highest BCUT2D eigenvalue weighted by Crippen LogP contribution is 2.35. The summed E-state index contributed by atoms with van der Waals surface area (Å²) in [5.74, 6) is -0.534. The lowest BCUT2D eigenvalue weighted by atomic mass is 9.94. The fourth-order valence-electron chi connectivity index (χ4n) is 3.72. The number of halogens is 6. The number of hydrogen-bond acceptors (Lipinski definition) is 2. The zero-order valence-electron chi connectivity index (χ0n) is 18.9. The number of pyridine rings is 1. The first-order chi connectivity index (χ1) is 17.5. The molecule has 1 N–H and O–H groups in total. The summed E-state index contributed by atoms with van der Waals surface area (Å²) in [7, 11) is 0. The molecule has 3 nitrogen and oxygen atoms in total. The zero-order chi connectivity index (χ0) is 26.6. The van der Waals surface area contributed by atoms with Gasteiger partial charge in [0.15, 0.2) is 0 Å². The van der Waals surface area contributed by atoms with Crippen molar-refractivity contribution >= 4 is 27.9 Å². The molecule has 0 saturated heterocycles. The molecule has 188 valence electrons. The molecule has 0 unspecified atom stereocenters. The quantitative estimate of drug-likeness (QED) is 0.168. The molecular weight excluding hydrogens is 494 g/mol. The molecular formula is C28H18F6N2O. The van der Waals surface area contributed by atoms with Crippen molar-refractivity contribution in [3.63, 3.8) is 0 Å². The van der Waals surface area contributed by atoms with Crippen LogP contribution in [0.3, 0.4) is 0 Å². The Balaban J connectivity index is 1.69. The molecule has 1 heterocycles. The predicted molar refractivity (Wildman–Crippen MR) is 129 cm³/mol. The molecule has 9 heteroatoms. The van der Waals surface area contributed by atoms with Gasteiger partial charge in [0.2, 0.25) is 5.91 Å². The Hall–Kier alpha value is -4.40. The van der Waals surface area contributed by atoms with Crippen molar-refractivity contribution in [2.24, 2.45) is 0 Å². The molecule has 3 aromatic carbocycles. The van der Waals surface area contributed by atoms with E-state index in [-0.39, 0.29) is 16.7 Å². The maximum absolute atomic E-state index is 13.3. The van der Waals surface area contributed by atoms with Crippen molar-refractivity contribution in [3.8, 4) is 0 Å². The number of amides is 1. The Morgan fingerprint density at radius 1 is 0.784 bits per heavy atom. The van der Waals surface area contributed by atoms with Crippen LogP contribution >= 0.6 is 0 Å². The van der Waals surface area contributed by atoms with Crippen LogP contribution < -0.4 is 5.32 Å². The van der Waals surface area contributed by atoms with Crippen LogP contribution in [-0.4, -0.2) is 10.9 Å². The summed E-state index contributed by atoms with van der Waals surface area (Å²) in [6, 6.07) is 15.5. The van der Waals surface area contributed by atoms with Gasteiger partial charge in [-0.05, 0) is 53.1 Å². The van der Waals surface area contributed by atoms with Crippen molar-refractivity contribution < 1.29 is 31.1 Å². The van der Waals surface area contributed by atoms with Crippen molar-refractivity contribution in [2.45, 2.75) is 12.4 Å². The van der Waals surface area contributed by atoms with Gasteiger partial charge in [-0.3, -0.25) is 9.78 Å². The maximum Gasteiger partial charge on any atom is 0.416 e. The van der Waals surface area contributed by atoms with Gasteiger partial charge in [0, 0.05) is 34.9 Å². The first kappa shape index (κ1) is 25.7. The molecule has 0 fully saturated rings. The lowest BCUT2D eigenvalue weighted by Crippen LogP contribution is -2.08. The first-order valence-corrected chi connectivity index (χ1v) is 10.9. The number of nitrogens with one attached hydrogen (secondary N) is 1. The maximum atomic E-state index is 13.3. The molecule has 0 aliphatic rings. The number of carbonyl (C=O) groups is 1. The highest BCUT2D eigenvalue weighted by Gasteiger charge is 2.32. The zero-order valence-corrected chi connectivity index (χ0v) is 18.9. The minimum Gasteiger partial charge on any atom is -0.322 e. The van der Waals surface area contributed by atoms with Crippen LogP contribution in [0.25, 0.3) is 16.3 Å². The molecule has 37 heavy (non-hydrogen) atoms. The highest BCUT2D eigenvalue weighted by molar-refractivity contribution is 6.06. The van der Waals surface area contributed by atoms with E-state index >= 15 is 0 Å². The fourth-order valence-corrected chi connectivity index (χ4v) is 3.72. The highest BCUT2D eigenvalue weighted by atomic mass is 19.4. The molecule has 1 aromatic heterocycles. The van der Waals surface area contributed by atoms with E-state index in [2.05, 4.69) is 10.3 Å². The first-order valence-electron chi connectivity index (χ1n) is 10.9. The summed E-state index contributed by atoms with van der Waals surface area (Å²) >= 11 is 0. The smallest absolute Gasteiger partial charge is 0.322 e. The van der Waals surface area contributed by atoms with Gasteiger partial charge in [-0.25, -0.2) is 0 Å². The summed E-state index contributed by atoms with van der Waals surface area (Å²) in [5, 5.41) is 4.28. The van der Waals surface area contributed by atoms with Gasteiger partial charge in [-0.2, -0.15) is 26.3 Å². The molecule has 0 aliphatic carbocycles. The summed E-state index contributed by atoms with van der Waals surface area (Å²) < 4.78 is 79.7. The lowest BCUT2D eigenvalue weighted by Gasteiger charge is -2.14. The standard InChI is InChI=1S/C28H18F6N2O/c29-27(30,31)21-8-1-5-18(15-21)23(19-6-2-9-22(16-19)28(32,33)34)10-4-12-26(37)36-25-11-3-7-20-17-35-14-13-24(20)25/h1-17H,(H,36,37). The molecule has 0 bridgehead atoms. The Labute approximate surface area is 207 Å². The van der Waals surface area contributed by atoms with Gasteiger partial charge in [0.25, 0.3) is 0 Å². The van der Waals surface area contributed by atoms with Crippen LogP contribution in [0, 0.1) is 0 Å². The largest absolute Gasteiger partial charge is 0.416 e. The summed E-state index contributed by atoms with van der Waals surface area (Å²) in [6.07, 6.45) is -2.35. The van der Waals surface area contributed by atoms with Crippen LogP contribution in [0.5, 0.6) is 0 Å². The van der Waals surface area contributed by atoms with Crippen molar-refractivity contribution in [1.29, 1.82) is 0 Å². The minimum absolute atomic E-state index is 0.0424. The van der Waals surface area contributed by atoms with Crippen LogP contribution in [0.1, 0.15) is 22.3 Å². The number of anilines is 1. The Kier molecular flexibility index (Phi) is 7.15.